The lowest BCUT2D eigenvalue weighted by molar-refractivity contribution is -0.136. The number of benzene rings is 4. The van der Waals surface area contributed by atoms with Gasteiger partial charge in [0.1, 0.15) is 0 Å². The van der Waals surface area contributed by atoms with Crippen molar-refractivity contribution in [3.8, 4) is 0 Å². The number of rotatable bonds is 12. The van der Waals surface area contributed by atoms with Gasteiger partial charge in [-0.3, -0.25) is 18.8 Å². The standard InChI is InChI=1S/C37H40N4O6S/c1-40(32-12-6-3-7-13-32)48(46,47)34-14-8-11-31(25-34)39-37(45)41(33-21-19-29(20-22-33)28-9-4-2-5-10-28)26-27-15-17-30(18-16-27)36(44)38-24-23-35(42)43/h3,6-8,11-22,25,28H,2,4-5,9-10,23-24,26H2,1H3,(H,38,44)(H,39,45)(H,42,43). The number of para-hydroxylation sites is 1. The zero-order chi connectivity index (χ0) is 34.1. The average Bonchev–Trinajstić information content (AvgIpc) is 3.11. The van der Waals surface area contributed by atoms with Gasteiger partial charge in [-0.2, -0.15) is 0 Å². The molecule has 250 valence electrons. The highest BCUT2D eigenvalue weighted by atomic mass is 32.2. The molecule has 0 spiro atoms. The van der Waals surface area contributed by atoms with E-state index in [9.17, 15) is 22.8 Å². The minimum Gasteiger partial charge on any atom is -0.481 e. The number of sulfonamides is 1. The molecule has 0 unspecified atom stereocenters. The summed E-state index contributed by atoms with van der Waals surface area (Å²) in [5, 5.41) is 14.3. The Kier molecular flexibility index (Phi) is 11.1. The third-order valence-electron chi connectivity index (χ3n) is 8.57. The van der Waals surface area contributed by atoms with Crippen molar-refractivity contribution in [2.75, 3.05) is 28.1 Å². The summed E-state index contributed by atoms with van der Waals surface area (Å²) in [5.41, 5.74) is 3.87. The molecule has 1 aliphatic carbocycles. The molecule has 10 nitrogen and oxygen atoms in total. The fraction of sp³-hybridized carbons (Fsp3) is 0.270. The van der Waals surface area contributed by atoms with Crippen molar-refractivity contribution in [1.82, 2.24) is 5.32 Å². The Morgan fingerprint density at radius 3 is 2.17 bits per heavy atom. The molecule has 11 heteroatoms. The van der Waals surface area contributed by atoms with E-state index in [1.165, 1.54) is 48.3 Å². The summed E-state index contributed by atoms with van der Waals surface area (Å²) >= 11 is 0. The van der Waals surface area contributed by atoms with Crippen LogP contribution in [0.1, 0.15) is 65.9 Å². The first-order chi connectivity index (χ1) is 23.1. The number of amides is 3. The molecule has 1 saturated carbocycles. The molecule has 3 N–H and O–H groups in total. The van der Waals surface area contributed by atoms with Crippen LogP contribution >= 0.6 is 0 Å². The lowest BCUT2D eigenvalue weighted by atomic mass is 9.84. The second-order valence-corrected chi connectivity index (χ2v) is 13.8. The molecule has 0 aromatic heterocycles. The summed E-state index contributed by atoms with van der Waals surface area (Å²) in [5.74, 6) is -0.880. The van der Waals surface area contributed by atoms with Crippen LogP contribution in [0.2, 0.25) is 0 Å². The lowest BCUT2D eigenvalue weighted by Gasteiger charge is -2.26. The maximum atomic E-state index is 13.9. The molecule has 0 atom stereocenters. The van der Waals surface area contributed by atoms with Gasteiger partial charge in [-0.15, -0.1) is 0 Å². The quantitative estimate of drug-likeness (QED) is 0.149. The van der Waals surface area contributed by atoms with Gasteiger partial charge in [0.25, 0.3) is 15.9 Å². The van der Waals surface area contributed by atoms with E-state index < -0.39 is 22.0 Å². The largest absolute Gasteiger partial charge is 0.481 e. The van der Waals surface area contributed by atoms with Crippen LogP contribution < -0.4 is 19.8 Å². The van der Waals surface area contributed by atoms with Crippen LogP contribution in [0.4, 0.5) is 21.9 Å². The smallest absolute Gasteiger partial charge is 0.326 e. The number of hydrogen-bond acceptors (Lipinski definition) is 5. The van der Waals surface area contributed by atoms with Gasteiger partial charge >= 0.3 is 12.0 Å². The maximum Gasteiger partial charge on any atom is 0.326 e. The number of carbonyl (C=O) groups excluding carboxylic acids is 2. The number of hydrogen-bond donors (Lipinski definition) is 3. The van der Waals surface area contributed by atoms with Gasteiger partial charge in [-0.25, -0.2) is 13.2 Å². The number of nitrogens with one attached hydrogen (secondary N) is 2. The zero-order valence-corrected chi connectivity index (χ0v) is 27.7. The van der Waals surface area contributed by atoms with Crippen LogP contribution in [-0.4, -0.2) is 45.0 Å². The van der Waals surface area contributed by atoms with Gasteiger partial charge in [-0.1, -0.05) is 67.8 Å². The third kappa shape index (κ3) is 8.60. The van der Waals surface area contributed by atoms with E-state index in [0.717, 1.165) is 18.4 Å². The number of urea groups is 1. The van der Waals surface area contributed by atoms with Crippen molar-refractivity contribution in [2.45, 2.75) is 55.9 Å². The predicted molar refractivity (Wildman–Crippen MR) is 187 cm³/mol. The third-order valence-corrected chi connectivity index (χ3v) is 10.4. The Morgan fingerprint density at radius 2 is 1.50 bits per heavy atom. The predicted octanol–water partition coefficient (Wildman–Crippen LogP) is 7.00. The molecule has 0 aliphatic heterocycles. The normalized spacial score (nSPS) is 13.4. The maximum absolute atomic E-state index is 13.9. The summed E-state index contributed by atoms with van der Waals surface area (Å²) < 4.78 is 28.1. The second-order valence-electron chi connectivity index (χ2n) is 11.9. The van der Waals surface area contributed by atoms with E-state index in [2.05, 4.69) is 22.8 Å². The van der Waals surface area contributed by atoms with Crippen LogP contribution in [0.5, 0.6) is 0 Å². The monoisotopic (exact) mass is 668 g/mol. The van der Waals surface area contributed by atoms with Crippen LogP contribution in [0, 0.1) is 0 Å². The van der Waals surface area contributed by atoms with Crippen molar-refractivity contribution < 1.29 is 27.9 Å². The van der Waals surface area contributed by atoms with Crippen molar-refractivity contribution >= 4 is 45.0 Å². The van der Waals surface area contributed by atoms with Gasteiger partial charge < -0.3 is 15.7 Å². The van der Waals surface area contributed by atoms with Crippen molar-refractivity contribution in [3.05, 3.63) is 120 Å². The number of aliphatic carboxylic acids is 1. The molecule has 0 bridgehead atoms. The molecule has 1 aliphatic rings. The van der Waals surface area contributed by atoms with Crippen LogP contribution in [-0.2, 0) is 21.4 Å². The van der Waals surface area contributed by atoms with E-state index >= 15 is 0 Å². The fourth-order valence-electron chi connectivity index (χ4n) is 5.83. The number of carbonyl (C=O) groups is 3. The van der Waals surface area contributed by atoms with E-state index in [4.69, 9.17) is 5.11 Å². The molecule has 48 heavy (non-hydrogen) atoms. The van der Waals surface area contributed by atoms with E-state index in [-0.39, 0.29) is 30.3 Å². The Labute approximate surface area is 281 Å². The summed E-state index contributed by atoms with van der Waals surface area (Å²) in [7, 11) is -2.42. The Bertz CT molecular complexity index is 1820. The van der Waals surface area contributed by atoms with Crippen molar-refractivity contribution in [3.63, 3.8) is 0 Å². The number of anilines is 3. The topological polar surface area (TPSA) is 136 Å². The first-order valence-corrected chi connectivity index (χ1v) is 17.5. The van der Waals surface area contributed by atoms with Crippen LogP contribution in [0.15, 0.2) is 108 Å². The van der Waals surface area contributed by atoms with E-state index in [1.54, 1.807) is 65.6 Å². The fourth-order valence-corrected chi connectivity index (χ4v) is 7.07. The van der Waals surface area contributed by atoms with Gasteiger partial charge in [0.05, 0.1) is 23.5 Å². The molecular weight excluding hydrogens is 628 g/mol. The SMILES string of the molecule is CN(c1ccccc1)S(=O)(=O)c1cccc(NC(=O)N(Cc2ccc(C(=O)NCCC(=O)O)cc2)c2ccc(C3CCCCC3)cc2)c1. The first kappa shape index (κ1) is 34.2. The van der Waals surface area contributed by atoms with Gasteiger partial charge in [0.15, 0.2) is 0 Å². The molecule has 5 rings (SSSR count). The minimum absolute atomic E-state index is 0.0196. The molecule has 0 saturated heterocycles. The molecule has 3 amide bonds. The molecule has 4 aromatic rings. The van der Waals surface area contributed by atoms with Gasteiger partial charge in [0.2, 0.25) is 0 Å². The van der Waals surface area contributed by atoms with Gasteiger partial charge in [-0.05, 0) is 84.5 Å². The highest BCUT2D eigenvalue weighted by molar-refractivity contribution is 7.92. The number of carboxylic acids is 1. The Balaban J connectivity index is 1.37. The van der Waals surface area contributed by atoms with Crippen LogP contribution in [0.25, 0.3) is 0 Å². The Hall–Kier alpha value is -5.16. The van der Waals surface area contributed by atoms with E-state index in [0.29, 0.717) is 28.5 Å². The number of nitrogens with zero attached hydrogens (tertiary/aromatic N) is 2. The summed E-state index contributed by atoms with van der Waals surface area (Å²) in [6, 6.07) is 29.2. The van der Waals surface area contributed by atoms with Crippen LogP contribution in [0.3, 0.4) is 0 Å². The van der Waals surface area contributed by atoms with Crippen molar-refractivity contribution in [2.24, 2.45) is 0 Å². The number of carboxylic acid groups (broad SMARTS) is 1. The molecule has 1 fully saturated rings. The summed E-state index contributed by atoms with van der Waals surface area (Å²) in [4.78, 5) is 38.7. The first-order valence-electron chi connectivity index (χ1n) is 16.0. The lowest BCUT2D eigenvalue weighted by Crippen LogP contribution is -2.34. The highest BCUT2D eigenvalue weighted by Gasteiger charge is 2.23. The summed E-state index contributed by atoms with van der Waals surface area (Å²) in [6.07, 6.45) is 5.81. The average molecular weight is 669 g/mol. The second kappa shape index (κ2) is 15.6. The molecule has 4 aromatic carbocycles. The van der Waals surface area contributed by atoms with Crippen molar-refractivity contribution in [1.29, 1.82) is 0 Å². The summed E-state index contributed by atoms with van der Waals surface area (Å²) in [6.45, 7) is 0.190. The molecule has 0 radical (unpaired) electrons. The Morgan fingerprint density at radius 1 is 0.812 bits per heavy atom. The molecule has 0 heterocycles. The van der Waals surface area contributed by atoms with E-state index in [1.807, 2.05) is 18.2 Å². The highest BCUT2D eigenvalue weighted by Crippen LogP contribution is 2.34. The minimum atomic E-state index is -3.90. The zero-order valence-electron chi connectivity index (χ0n) is 26.8. The molecular formula is C37H40N4O6S. The van der Waals surface area contributed by atoms with Gasteiger partial charge in [0, 0.05) is 30.5 Å².